The number of carbonyl (C=O) groups excluding carboxylic acids is 1. The molecule has 7 nitrogen and oxygen atoms in total. The van der Waals surface area contributed by atoms with Gasteiger partial charge < -0.3 is 15.0 Å². The Balaban J connectivity index is 1.45. The first kappa shape index (κ1) is 18.8. The molecule has 0 saturated carbocycles. The number of rotatable bonds is 5. The van der Waals surface area contributed by atoms with Gasteiger partial charge in [0.15, 0.2) is 0 Å². The number of nitrogens with one attached hydrogen (secondary N) is 1. The highest BCUT2D eigenvalue weighted by Gasteiger charge is 2.28. The zero-order valence-electron chi connectivity index (χ0n) is 15.3. The van der Waals surface area contributed by atoms with Crippen LogP contribution in [0.2, 0.25) is 5.02 Å². The summed E-state index contributed by atoms with van der Waals surface area (Å²) in [4.78, 5) is 15.0. The lowest BCUT2D eigenvalue weighted by Crippen LogP contribution is -2.40. The van der Waals surface area contributed by atoms with Crippen LogP contribution in [-0.2, 0) is 4.79 Å². The summed E-state index contributed by atoms with van der Waals surface area (Å²) in [5.74, 6) is 0.405. The van der Waals surface area contributed by atoms with Gasteiger partial charge in [0.05, 0.1) is 18.7 Å². The van der Waals surface area contributed by atoms with E-state index in [2.05, 4.69) is 20.4 Å². The molecule has 1 amide bonds. The van der Waals surface area contributed by atoms with Crippen LogP contribution in [0.1, 0.15) is 12.8 Å². The van der Waals surface area contributed by atoms with Gasteiger partial charge in [-0.25, -0.2) is 0 Å². The van der Waals surface area contributed by atoms with Crippen LogP contribution in [0.15, 0.2) is 42.7 Å². The average molecular weight is 418 g/mol. The van der Waals surface area contributed by atoms with Crippen molar-refractivity contribution < 1.29 is 9.53 Å². The Morgan fingerprint density at radius 3 is 2.86 bits per heavy atom. The van der Waals surface area contributed by atoms with Gasteiger partial charge in [0.1, 0.15) is 5.75 Å². The van der Waals surface area contributed by atoms with Gasteiger partial charge in [-0.05, 0) is 43.2 Å². The Morgan fingerprint density at radius 1 is 1.29 bits per heavy atom. The van der Waals surface area contributed by atoms with Crippen molar-refractivity contribution in [1.29, 1.82) is 0 Å². The normalized spacial score (nSPS) is 16.8. The van der Waals surface area contributed by atoms with Gasteiger partial charge >= 0.3 is 0 Å². The molecule has 0 bridgehead atoms. The molecule has 4 rings (SSSR count). The Hall–Kier alpha value is -2.58. The fraction of sp³-hybridized carbons (Fsp3) is 0.316. The number of anilines is 2. The number of hydrogen-bond acceptors (Lipinski definition) is 6. The molecule has 3 heterocycles. The van der Waals surface area contributed by atoms with Crippen molar-refractivity contribution in [2.75, 3.05) is 30.4 Å². The molecule has 1 fully saturated rings. The second-order valence-corrected chi connectivity index (χ2v) is 7.95. The van der Waals surface area contributed by atoms with E-state index in [4.69, 9.17) is 16.3 Å². The molecule has 1 aliphatic heterocycles. The van der Waals surface area contributed by atoms with E-state index in [-0.39, 0.29) is 11.8 Å². The maximum Gasteiger partial charge on any atom is 0.229 e. The topological polar surface area (TPSA) is 72.3 Å². The highest BCUT2D eigenvalue weighted by Crippen LogP contribution is 2.31. The molecule has 9 heteroatoms. The van der Waals surface area contributed by atoms with E-state index in [0.29, 0.717) is 23.0 Å². The first-order valence-corrected chi connectivity index (χ1v) is 10.2. The van der Waals surface area contributed by atoms with Crippen molar-refractivity contribution in [2.45, 2.75) is 12.8 Å². The van der Waals surface area contributed by atoms with E-state index in [1.807, 2.05) is 29.1 Å². The third kappa shape index (κ3) is 3.98. The number of halogens is 1. The third-order valence-electron chi connectivity index (χ3n) is 4.71. The molecule has 1 aromatic carbocycles. The minimum atomic E-state index is -0.142. The molecule has 146 valence electrons. The summed E-state index contributed by atoms with van der Waals surface area (Å²) in [6.45, 7) is 1.47. The summed E-state index contributed by atoms with van der Waals surface area (Å²) in [5, 5.41) is 13.7. The number of benzene rings is 1. The maximum atomic E-state index is 12.8. The predicted octanol–water partition coefficient (Wildman–Crippen LogP) is 3.85. The number of amides is 1. The molecule has 0 spiro atoms. The van der Waals surface area contributed by atoms with Gasteiger partial charge in [-0.1, -0.05) is 22.9 Å². The minimum absolute atomic E-state index is 0.0413. The second-order valence-electron chi connectivity index (χ2n) is 6.58. The molecule has 1 atom stereocenters. The van der Waals surface area contributed by atoms with Crippen LogP contribution in [-0.4, -0.2) is 40.9 Å². The quantitative estimate of drug-likeness (QED) is 0.682. The zero-order chi connectivity index (χ0) is 19.5. The van der Waals surface area contributed by atoms with E-state index in [1.165, 1.54) is 11.3 Å². The smallest absolute Gasteiger partial charge is 0.229 e. The fourth-order valence-corrected chi connectivity index (χ4v) is 4.30. The van der Waals surface area contributed by atoms with E-state index >= 15 is 0 Å². The first-order valence-electron chi connectivity index (χ1n) is 9.00. The minimum Gasteiger partial charge on any atom is -0.495 e. The molecule has 1 saturated heterocycles. The van der Waals surface area contributed by atoms with E-state index in [1.54, 1.807) is 25.3 Å². The summed E-state index contributed by atoms with van der Waals surface area (Å²) in [6, 6.07) is 9.08. The van der Waals surface area contributed by atoms with Crippen LogP contribution in [0.4, 0.5) is 10.8 Å². The number of methoxy groups -OCH3 is 1. The monoisotopic (exact) mass is 417 g/mol. The highest BCUT2D eigenvalue weighted by atomic mass is 35.5. The first-order chi connectivity index (χ1) is 13.6. The molecule has 0 radical (unpaired) electrons. The fourth-order valence-electron chi connectivity index (χ4n) is 3.28. The number of hydrogen-bond donors (Lipinski definition) is 1. The Labute approximate surface area is 171 Å². The van der Waals surface area contributed by atoms with E-state index in [9.17, 15) is 4.79 Å². The molecule has 28 heavy (non-hydrogen) atoms. The summed E-state index contributed by atoms with van der Waals surface area (Å²) < 4.78 is 7.25. The number of nitrogens with zero attached hydrogens (tertiary/aromatic N) is 4. The number of aromatic nitrogens is 3. The van der Waals surface area contributed by atoms with Crippen LogP contribution >= 0.6 is 22.9 Å². The van der Waals surface area contributed by atoms with Crippen LogP contribution < -0.4 is 15.0 Å². The Kier molecular flexibility index (Phi) is 5.50. The number of piperidine rings is 1. The van der Waals surface area contributed by atoms with Crippen LogP contribution in [0.25, 0.3) is 5.13 Å². The van der Waals surface area contributed by atoms with Gasteiger partial charge in [0, 0.05) is 30.5 Å². The Morgan fingerprint density at radius 2 is 2.07 bits per heavy atom. The van der Waals surface area contributed by atoms with Crippen molar-refractivity contribution in [3.8, 4) is 10.9 Å². The van der Waals surface area contributed by atoms with Gasteiger partial charge in [-0.3, -0.25) is 9.36 Å². The second kappa shape index (κ2) is 8.20. The average Bonchev–Trinajstić information content (AvgIpc) is 3.40. The molecular weight excluding hydrogens is 398 g/mol. The summed E-state index contributed by atoms with van der Waals surface area (Å²) in [6.07, 6.45) is 5.63. The lowest BCUT2D eigenvalue weighted by Gasteiger charge is -2.31. The van der Waals surface area contributed by atoms with E-state index < -0.39 is 0 Å². The molecule has 1 N–H and O–H groups in total. The van der Waals surface area contributed by atoms with Gasteiger partial charge in [0.2, 0.25) is 16.2 Å². The lowest BCUT2D eigenvalue weighted by atomic mass is 9.97. The van der Waals surface area contributed by atoms with Crippen molar-refractivity contribution >= 4 is 39.7 Å². The highest BCUT2D eigenvalue weighted by molar-refractivity contribution is 7.17. The van der Waals surface area contributed by atoms with Gasteiger partial charge in [-0.2, -0.15) is 0 Å². The Bertz CT molecular complexity index is 959. The molecule has 0 unspecified atom stereocenters. The summed E-state index contributed by atoms with van der Waals surface area (Å²) in [5.41, 5.74) is 0.586. The third-order valence-corrected chi connectivity index (χ3v) is 5.94. The van der Waals surface area contributed by atoms with Gasteiger partial charge in [0.25, 0.3) is 0 Å². The van der Waals surface area contributed by atoms with E-state index in [0.717, 1.165) is 29.6 Å². The van der Waals surface area contributed by atoms with Crippen molar-refractivity contribution in [3.63, 3.8) is 0 Å². The van der Waals surface area contributed by atoms with Crippen molar-refractivity contribution in [3.05, 3.63) is 47.7 Å². The van der Waals surface area contributed by atoms with Gasteiger partial charge in [-0.15, -0.1) is 10.2 Å². The predicted molar refractivity (Wildman–Crippen MR) is 111 cm³/mol. The molecule has 1 aliphatic rings. The molecular formula is C19H20ClN5O2S. The van der Waals surface area contributed by atoms with Crippen LogP contribution in [0.5, 0.6) is 5.75 Å². The summed E-state index contributed by atoms with van der Waals surface area (Å²) >= 11 is 7.58. The molecule has 0 aliphatic carbocycles. The summed E-state index contributed by atoms with van der Waals surface area (Å²) in [7, 11) is 1.57. The number of carbonyl (C=O) groups is 1. The zero-order valence-corrected chi connectivity index (χ0v) is 16.9. The standard InChI is InChI=1S/C19H20ClN5O2S/c1-27-16-7-6-14(20)11-15(16)21-17(26)13-5-4-10-25(12-13)19-23-22-18(28-19)24-8-2-3-9-24/h2-3,6-9,11,13H,4-5,10,12H2,1H3,(H,21,26)/t13-/m1/s1. The van der Waals surface area contributed by atoms with Crippen molar-refractivity contribution in [2.24, 2.45) is 5.92 Å². The molecule has 3 aromatic rings. The van der Waals surface area contributed by atoms with Crippen molar-refractivity contribution in [1.82, 2.24) is 14.8 Å². The lowest BCUT2D eigenvalue weighted by molar-refractivity contribution is -0.120. The maximum absolute atomic E-state index is 12.8. The van der Waals surface area contributed by atoms with Crippen LogP contribution in [0, 0.1) is 5.92 Å². The molecule has 2 aromatic heterocycles. The SMILES string of the molecule is COc1ccc(Cl)cc1NC(=O)[C@@H]1CCCN(c2nnc(-n3cccc3)s2)C1. The van der Waals surface area contributed by atoms with Crippen LogP contribution in [0.3, 0.4) is 0 Å². The largest absolute Gasteiger partial charge is 0.495 e. The number of ether oxygens (including phenoxy) is 1.